The number of esters is 1. The highest BCUT2D eigenvalue weighted by molar-refractivity contribution is 8.00. The van der Waals surface area contributed by atoms with Crippen molar-refractivity contribution in [2.75, 3.05) is 0 Å². The van der Waals surface area contributed by atoms with Crippen LogP contribution in [0.3, 0.4) is 0 Å². The fourth-order valence-electron chi connectivity index (χ4n) is 2.02. The molecule has 0 radical (unpaired) electrons. The molecule has 2 rings (SSSR count). The molecule has 9 heteroatoms. The summed E-state index contributed by atoms with van der Waals surface area (Å²) in [6.45, 7) is 3.09. The van der Waals surface area contributed by atoms with Crippen molar-refractivity contribution in [2.24, 2.45) is 7.05 Å². The minimum atomic E-state index is -4.49. The molecule has 1 aromatic carbocycles. The van der Waals surface area contributed by atoms with Gasteiger partial charge in [-0.3, -0.25) is 4.68 Å². The first-order valence-corrected chi connectivity index (χ1v) is 8.18. The molecule has 0 bridgehead atoms. The van der Waals surface area contributed by atoms with E-state index in [0.29, 0.717) is 0 Å². The predicted octanol–water partition coefficient (Wildman–Crippen LogP) is 4.18. The summed E-state index contributed by atoms with van der Waals surface area (Å²) in [4.78, 5) is 12.1. The van der Waals surface area contributed by atoms with E-state index in [9.17, 15) is 18.0 Å². The number of alkyl halides is 3. The number of aryl methyl sites for hydroxylation is 1. The second kappa shape index (κ2) is 7.81. The first-order valence-electron chi connectivity index (χ1n) is 7.37. The standard InChI is InChI=1S/C16H17F3N2O3S/c1-10(2)24-15(22)11-5-4-6-13(25-16(17,18)19)12(11)9-23-14-7-8-21(3)20-14/h4-8,10H,9H2,1-3H3. The second-order valence-corrected chi connectivity index (χ2v) is 6.51. The number of benzene rings is 1. The van der Waals surface area contributed by atoms with Gasteiger partial charge < -0.3 is 9.47 Å². The van der Waals surface area contributed by atoms with Crippen LogP contribution in [0.5, 0.6) is 5.88 Å². The predicted molar refractivity (Wildman–Crippen MR) is 86.4 cm³/mol. The fraction of sp³-hybridized carbons (Fsp3) is 0.375. The van der Waals surface area contributed by atoms with Crippen LogP contribution in [0.2, 0.25) is 0 Å². The minimum absolute atomic E-state index is 0.0406. The first kappa shape index (κ1) is 19.2. The van der Waals surface area contributed by atoms with Crippen LogP contribution < -0.4 is 4.74 Å². The lowest BCUT2D eigenvalue weighted by Gasteiger charge is -2.16. The van der Waals surface area contributed by atoms with Crippen molar-refractivity contribution in [3.05, 3.63) is 41.6 Å². The molecule has 2 aromatic rings. The van der Waals surface area contributed by atoms with Crippen molar-refractivity contribution in [1.29, 1.82) is 0 Å². The molecule has 0 atom stereocenters. The van der Waals surface area contributed by atoms with Gasteiger partial charge in [0, 0.05) is 29.8 Å². The Hall–Kier alpha value is -2.16. The Kier molecular flexibility index (Phi) is 5.99. The summed E-state index contributed by atoms with van der Waals surface area (Å²) in [5, 5.41) is 4.00. The van der Waals surface area contributed by atoms with Gasteiger partial charge in [-0.05, 0) is 37.7 Å². The average Bonchev–Trinajstić information content (AvgIpc) is 2.89. The van der Waals surface area contributed by atoms with Gasteiger partial charge in [-0.15, -0.1) is 5.10 Å². The van der Waals surface area contributed by atoms with E-state index >= 15 is 0 Å². The topological polar surface area (TPSA) is 53.4 Å². The number of aromatic nitrogens is 2. The molecular formula is C16H17F3N2O3S. The lowest BCUT2D eigenvalue weighted by molar-refractivity contribution is -0.0328. The molecule has 0 unspecified atom stereocenters. The molecule has 0 N–H and O–H groups in total. The van der Waals surface area contributed by atoms with Crippen molar-refractivity contribution in [3.63, 3.8) is 0 Å². The van der Waals surface area contributed by atoms with E-state index in [0.717, 1.165) is 0 Å². The van der Waals surface area contributed by atoms with E-state index in [1.54, 1.807) is 33.2 Å². The van der Waals surface area contributed by atoms with Gasteiger partial charge >= 0.3 is 11.5 Å². The third-order valence-electron chi connectivity index (χ3n) is 2.97. The molecule has 0 saturated heterocycles. The number of carbonyl (C=O) groups excluding carboxylic acids is 1. The van der Waals surface area contributed by atoms with Crippen molar-refractivity contribution in [1.82, 2.24) is 9.78 Å². The molecule has 0 spiro atoms. The Morgan fingerprint density at radius 1 is 1.32 bits per heavy atom. The molecule has 0 amide bonds. The number of ether oxygens (including phenoxy) is 2. The smallest absolute Gasteiger partial charge is 0.446 e. The van der Waals surface area contributed by atoms with Gasteiger partial charge in [0.25, 0.3) is 0 Å². The number of halogens is 3. The molecule has 0 fully saturated rings. The third kappa shape index (κ3) is 5.70. The zero-order valence-electron chi connectivity index (χ0n) is 13.8. The lowest BCUT2D eigenvalue weighted by atomic mass is 10.1. The van der Waals surface area contributed by atoms with Gasteiger partial charge in [-0.1, -0.05) is 6.07 Å². The Morgan fingerprint density at radius 2 is 2.04 bits per heavy atom. The normalized spacial score (nSPS) is 11.6. The maximum Gasteiger partial charge on any atom is 0.446 e. The molecular weight excluding hydrogens is 357 g/mol. The Balaban J connectivity index is 2.34. The summed E-state index contributed by atoms with van der Waals surface area (Å²) >= 11 is -0.295. The van der Waals surface area contributed by atoms with Crippen LogP contribution in [0.1, 0.15) is 29.8 Å². The van der Waals surface area contributed by atoms with E-state index in [2.05, 4.69) is 5.10 Å². The lowest BCUT2D eigenvalue weighted by Crippen LogP contribution is -2.15. The highest BCUT2D eigenvalue weighted by Gasteiger charge is 2.32. The Morgan fingerprint density at radius 3 is 2.60 bits per heavy atom. The van der Waals surface area contributed by atoms with Gasteiger partial charge in [0.1, 0.15) is 6.61 Å². The molecule has 0 aliphatic heterocycles. The third-order valence-corrected chi connectivity index (χ3v) is 3.81. The Bertz CT molecular complexity index is 744. The highest BCUT2D eigenvalue weighted by Crippen LogP contribution is 2.39. The van der Waals surface area contributed by atoms with E-state index in [-0.39, 0.29) is 40.3 Å². The summed E-state index contributed by atoms with van der Waals surface area (Å²) in [7, 11) is 1.69. The zero-order valence-corrected chi connectivity index (χ0v) is 14.6. The van der Waals surface area contributed by atoms with Crippen LogP contribution in [0.15, 0.2) is 35.4 Å². The maximum atomic E-state index is 12.8. The van der Waals surface area contributed by atoms with Crippen molar-refractivity contribution >= 4 is 17.7 Å². The van der Waals surface area contributed by atoms with Crippen LogP contribution in [-0.2, 0) is 18.4 Å². The van der Waals surface area contributed by atoms with Gasteiger partial charge in [-0.25, -0.2) is 4.79 Å². The van der Waals surface area contributed by atoms with E-state index < -0.39 is 17.6 Å². The Labute approximate surface area is 147 Å². The number of nitrogens with zero attached hydrogens (tertiary/aromatic N) is 2. The number of thioether (sulfide) groups is 1. The second-order valence-electron chi connectivity index (χ2n) is 5.40. The van der Waals surface area contributed by atoms with Gasteiger partial charge in [0.05, 0.1) is 11.7 Å². The number of hydrogen-bond donors (Lipinski definition) is 0. The van der Waals surface area contributed by atoms with Crippen molar-refractivity contribution < 1.29 is 27.4 Å². The van der Waals surface area contributed by atoms with Crippen molar-refractivity contribution in [3.8, 4) is 5.88 Å². The molecule has 1 heterocycles. The number of carbonyl (C=O) groups is 1. The van der Waals surface area contributed by atoms with Crippen LogP contribution in [0.4, 0.5) is 13.2 Å². The summed E-state index contributed by atoms with van der Waals surface area (Å²) in [5.41, 5.74) is -4.33. The van der Waals surface area contributed by atoms with Crippen LogP contribution >= 0.6 is 11.8 Å². The largest absolute Gasteiger partial charge is 0.472 e. The summed E-state index contributed by atoms with van der Waals surface area (Å²) in [6.07, 6.45) is 1.25. The highest BCUT2D eigenvalue weighted by atomic mass is 32.2. The monoisotopic (exact) mass is 374 g/mol. The van der Waals surface area contributed by atoms with E-state index in [1.165, 1.54) is 22.9 Å². The van der Waals surface area contributed by atoms with E-state index in [1.807, 2.05) is 0 Å². The summed E-state index contributed by atoms with van der Waals surface area (Å²) in [5.74, 6) is -0.447. The van der Waals surface area contributed by atoms with Crippen molar-refractivity contribution in [2.45, 2.75) is 37.0 Å². The van der Waals surface area contributed by atoms with Gasteiger partial charge in [-0.2, -0.15) is 13.2 Å². The van der Waals surface area contributed by atoms with Gasteiger partial charge in [0.2, 0.25) is 5.88 Å². The maximum absolute atomic E-state index is 12.8. The molecule has 0 saturated carbocycles. The molecule has 136 valence electrons. The summed E-state index contributed by atoms with van der Waals surface area (Å²) < 4.78 is 50.5. The zero-order chi connectivity index (χ0) is 18.6. The number of hydrogen-bond acceptors (Lipinski definition) is 5. The van der Waals surface area contributed by atoms with Gasteiger partial charge in [0.15, 0.2) is 0 Å². The van der Waals surface area contributed by atoms with E-state index in [4.69, 9.17) is 9.47 Å². The average molecular weight is 374 g/mol. The summed E-state index contributed by atoms with van der Waals surface area (Å²) in [6, 6.07) is 5.67. The number of rotatable bonds is 6. The molecule has 25 heavy (non-hydrogen) atoms. The molecule has 5 nitrogen and oxygen atoms in total. The fourth-order valence-corrected chi connectivity index (χ4v) is 2.71. The SMILES string of the molecule is CC(C)OC(=O)c1cccc(SC(F)(F)F)c1COc1ccn(C)n1. The molecule has 0 aliphatic rings. The van der Waals surface area contributed by atoms with Crippen LogP contribution in [0, 0.1) is 0 Å². The molecule has 1 aromatic heterocycles. The minimum Gasteiger partial charge on any atom is -0.472 e. The molecule has 0 aliphatic carbocycles. The van der Waals surface area contributed by atoms with Crippen LogP contribution in [0.25, 0.3) is 0 Å². The quantitative estimate of drug-likeness (QED) is 0.561. The van der Waals surface area contributed by atoms with Crippen LogP contribution in [-0.4, -0.2) is 27.4 Å². The first-order chi connectivity index (χ1) is 11.7.